The van der Waals surface area contributed by atoms with Gasteiger partial charge in [0.25, 0.3) is 0 Å². The van der Waals surface area contributed by atoms with E-state index in [9.17, 15) is 9.90 Å². The van der Waals surface area contributed by atoms with Crippen LogP contribution < -0.4 is 5.73 Å². The molecule has 25 heavy (non-hydrogen) atoms. The standard InChI is InChI=1S/C20H36N2O3/c1-13(2)14-5-7-17(8-6-14)25-12-19-18(21)4-3-9-22(19)20(24)15-10-16(23)11-15/h13-19,23H,3-12,21H2,1-2H3/t14?,15?,16?,17?,18-,19-/m0/s1. The molecule has 2 atom stereocenters. The Morgan fingerprint density at radius 2 is 1.88 bits per heavy atom. The Labute approximate surface area is 152 Å². The van der Waals surface area contributed by atoms with Crippen LogP contribution in [0.25, 0.3) is 0 Å². The minimum absolute atomic E-state index is 0.00168. The predicted molar refractivity (Wildman–Crippen MR) is 98.0 cm³/mol. The zero-order chi connectivity index (χ0) is 18.0. The number of nitrogens with two attached hydrogens (primary N) is 1. The number of carbonyl (C=O) groups excluding carboxylic acids is 1. The number of hydrogen-bond donors (Lipinski definition) is 2. The number of likely N-dealkylation sites (tertiary alicyclic amines) is 1. The van der Waals surface area contributed by atoms with Crippen molar-refractivity contribution in [2.24, 2.45) is 23.5 Å². The Balaban J connectivity index is 1.51. The number of amides is 1. The molecule has 2 saturated carbocycles. The lowest BCUT2D eigenvalue weighted by Crippen LogP contribution is -2.59. The van der Waals surface area contributed by atoms with Crippen LogP contribution >= 0.6 is 0 Å². The highest BCUT2D eigenvalue weighted by atomic mass is 16.5. The fourth-order valence-electron chi connectivity index (χ4n) is 4.75. The number of piperidine rings is 1. The van der Waals surface area contributed by atoms with Crippen LogP contribution in [0, 0.1) is 17.8 Å². The third kappa shape index (κ3) is 4.55. The Morgan fingerprint density at radius 3 is 2.48 bits per heavy atom. The molecule has 0 aromatic heterocycles. The van der Waals surface area contributed by atoms with Gasteiger partial charge in [-0.2, -0.15) is 0 Å². The van der Waals surface area contributed by atoms with E-state index < -0.39 is 0 Å². The average molecular weight is 353 g/mol. The third-order valence-electron chi connectivity index (χ3n) is 6.74. The van der Waals surface area contributed by atoms with Gasteiger partial charge in [-0.1, -0.05) is 13.8 Å². The molecule has 5 nitrogen and oxygen atoms in total. The van der Waals surface area contributed by atoms with Crippen LogP contribution in [0.15, 0.2) is 0 Å². The third-order valence-corrected chi connectivity index (χ3v) is 6.74. The zero-order valence-corrected chi connectivity index (χ0v) is 15.9. The Hall–Kier alpha value is -0.650. The van der Waals surface area contributed by atoms with Gasteiger partial charge in [0, 0.05) is 18.5 Å². The molecule has 1 aliphatic heterocycles. The minimum atomic E-state index is -0.293. The molecule has 1 amide bonds. The first-order chi connectivity index (χ1) is 12.0. The monoisotopic (exact) mass is 352 g/mol. The molecule has 5 heteroatoms. The van der Waals surface area contributed by atoms with E-state index in [-0.39, 0.29) is 30.0 Å². The number of aliphatic hydroxyl groups is 1. The number of carbonyl (C=O) groups is 1. The van der Waals surface area contributed by atoms with E-state index in [1.165, 1.54) is 12.8 Å². The first-order valence-corrected chi connectivity index (χ1v) is 10.3. The Morgan fingerprint density at radius 1 is 1.20 bits per heavy atom. The van der Waals surface area contributed by atoms with Crippen molar-refractivity contribution < 1.29 is 14.6 Å². The molecular formula is C20H36N2O3. The molecule has 2 aliphatic carbocycles. The lowest BCUT2D eigenvalue weighted by Gasteiger charge is -2.44. The van der Waals surface area contributed by atoms with Crippen LogP contribution in [0.1, 0.15) is 65.2 Å². The summed E-state index contributed by atoms with van der Waals surface area (Å²) in [6.45, 7) is 5.98. The summed E-state index contributed by atoms with van der Waals surface area (Å²) in [5, 5.41) is 9.50. The fourth-order valence-corrected chi connectivity index (χ4v) is 4.75. The van der Waals surface area contributed by atoms with Crippen LogP contribution in [0.5, 0.6) is 0 Å². The number of hydrogen-bond acceptors (Lipinski definition) is 4. The maximum atomic E-state index is 12.8. The quantitative estimate of drug-likeness (QED) is 0.796. The summed E-state index contributed by atoms with van der Waals surface area (Å²) >= 11 is 0. The van der Waals surface area contributed by atoms with Crippen molar-refractivity contribution in [3.63, 3.8) is 0 Å². The second-order valence-corrected chi connectivity index (χ2v) is 8.84. The highest BCUT2D eigenvalue weighted by molar-refractivity contribution is 5.80. The summed E-state index contributed by atoms with van der Waals surface area (Å²) < 4.78 is 6.23. The van der Waals surface area contributed by atoms with Gasteiger partial charge in [0.1, 0.15) is 0 Å². The van der Waals surface area contributed by atoms with Crippen molar-refractivity contribution in [3.05, 3.63) is 0 Å². The molecule has 144 valence electrons. The Bertz CT molecular complexity index is 442. The zero-order valence-electron chi connectivity index (χ0n) is 15.9. The van der Waals surface area contributed by atoms with Crippen LogP contribution in [-0.2, 0) is 9.53 Å². The van der Waals surface area contributed by atoms with Gasteiger partial charge in [0.2, 0.25) is 5.91 Å². The first kappa shape index (κ1) is 19.1. The lowest BCUT2D eigenvalue weighted by molar-refractivity contribution is -0.149. The van der Waals surface area contributed by atoms with Crippen molar-refractivity contribution in [2.75, 3.05) is 13.2 Å². The van der Waals surface area contributed by atoms with E-state index >= 15 is 0 Å². The van der Waals surface area contributed by atoms with Crippen molar-refractivity contribution in [3.8, 4) is 0 Å². The second-order valence-electron chi connectivity index (χ2n) is 8.84. The predicted octanol–water partition coefficient (Wildman–Crippen LogP) is 2.31. The summed E-state index contributed by atoms with van der Waals surface area (Å²) in [5.41, 5.74) is 6.35. The lowest BCUT2D eigenvalue weighted by atomic mass is 9.80. The van der Waals surface area contributed by atoms with Crippen molar-refractivity contribution in [1.82, 2.24) is 4.90 Å². The molecule has 3 aliphatic rings. The van der Waals surface area contributed by atoms with E-state index in [1.54, 1.807) is 0 Å². The summed E-state index contributed by atoms with van der Waals surface area (Å²) in [7, 11) is 0. The van der Waals surface area contributed by atoms with E-state index in [0.29, 0.717) is 25.6 Å². The number of rotatable bonds is 5. The van der Waals surface area contributed by atoms with Crippen molar-refractivity contribution >= 4 is 5.91 Å². The molecule has 3 rings (SSSR count). The van der Waals surface area contributed by atoms with Gasteiger partial charge in [0.05, 0.1) is 24.9 Å². The van der Waals surface area contributed by atoms with E-state index in [4.69, 9.17) is 10.5 Å². The molecule has 3 N–H and O–H groups in total. The van der Waals surface area contributed by atoms with Gasteiger partial charge < -0.3 is 20.5 Å². The van der Waals surface area contributed by atoms with E-state index in [0.717, 1.165) is 44.1 Å². The molecule has 0 aromatic carbocycles. The van der Waals surface area contributed by atoms with E-state index in [1.807, 2.05) is 4.90 Å². The molecule has 0 unspecified atom stereocenters. The van der Waals surface area contributed by atoms with Gasteiger partial charge in [0.15, 0.2) is 0 Å². The molecule has 1 heterocycles. The summed E-state index contributed by atoms with van der Waals surface area (Å²) in [5.74, 6) is 1.76. The number of ether oxygens (including phenoxy) is 1. The molecule has 3 fully saturated rings. The molecule has 0 bridgehead atoms. The minimum Gasteiger partial charge on any atom is -0.393 e. The molecule has 0 radical (unpaired) electrons. The summed E-state index contributed by atoms with van der Waals surface area (Å²) in [6.07, 6.45) is 7.95. The van der Waals surface area contributed by atoms with Crippen molar-refractivity contribution in [2.45, 2.75) is 89.5 Å². The van der Waals surface area contributed by atoms with Gasteiger partial charge in [-0.05, 0) is 63.2 Å². The molecule has 0 spiro atoms. The van der Waals surface area contributed by atoms with Crippen molar-refractivity contribution in [1.29, 1.82) is 0 Å². The molecule has 1 saturated heterocycles. The summed E-state index contributed by atoms with van der Waals surface area (Å²) in [4.78, 5) is 14.7. The summed E-state index contributed by atoms with van der Waals surface area (Å²) in [6, 6.07) is 0.0107. The molecular weight excluding hydrogens is 316 g/mol. The highest BCUT2D eigenvalue weighted by Crippen LogP contribution is 2.33. The highest BCUT2D eigenvalue weighted by Gasteiger charge is 2.41. The maximum Gasteiger partial charge on any atom is 0.226 e. The van der Waals surface area contributed by atoms with Crippen LogP contribution in [-0.4, -0.2) is 53.4 Å². The van der Waals surface area contributed by atoms with Crippen LogP contribution in [0.3, 0.4) is 0 Å². The van der Waals surface area contributed by atoms with Gasteiger partial charge in [-0.25, -0.2) is 0 Å². The van der Waals surface area contributed by atoms with Gasteiger partial charge in [-0.15, -0.1) is 0 Å². The SMILES string of the molecule is CC(C)C1CCC(OC[C@H]2[C@@H](N)CCCN2C(=O)C2CC(O)C2)CC1. The fraction of sp³-hybridized carbons (Fsp3) is 0.950. The van der Waals surface area contributed by atoms with Crippen LogP contribution in [0.4, 0.5) is 0 Å². The van der Waals surface area contributed by atoms with E-state index in [2.05, 4.69) is 13.8 Å². The number of aliphatic hydroxyl groups excluding tert-OH is 1. The topological polar surface area (TPSA) is 75.8 Å². The second kappa shape index (κ2) is 8.36. The maximum absolute atomic E-state index is 12.8. The largest absolute Gasteiger partial charge is 0.393 e. The first-order valence-electron chi connectivity index (χ1n) is 10.3. The number of nitrogens with zero attached hydrogens (tertiary/aromatic N) is 1. The van der Waals surface area contributed by atoms with Gasteiger partial charge in [-0.3, -0.25) is 4.79 Å². The normalized spacial score (nSPS) is 39.3. The average Bonchev–Trinajstić information content (AvgIpc) is 2.57. The Kier molecular flexibility index (Phi) is 6.39. The van der Waals surface area contributed by atoms with Gasteiger partial charge >= 0.3 is 0 Å². The molecule has 0 aromatic rings. The smallest absolute Gasteiger partial charge is 0.226 e. The van der Waals surface area contributed by atoms with Crippen LogP contribution in [0.2, 0.25) is 0 Å².